The van der Waals surface area contributed by atoms with Crippen LogP contribution in [-0.4, -0.2) is 91.8 Å². The van der Waals surface area contributed by atoms with E-state index in [2.05, 4.69) is 15.3 Å². The normalized spacial score (nSPS) is 18.0. The van der Waals surface area contributed by atoms with Crippen molar-refractivity contribution in [2.45, 2.75) is 102 Å². The van der Waals surface area contributed by atoms with Gasteiger partial charge in [-0.1, -0.05) is 42.3 Å². The summed E-state index contributed by atoms with van der Waals surface area (Å²) in [6, 6.07) is 15.4. The van der Waals surface area contributed by atoms with E-state index >= 15 is 4.39 Å². The highest BCUT2D eigenvalue weighted by Gasteiger charge is 2.31. The lowest BCUT2D eigenvalue weighted by Gasteiger charge is -2.28. The molecule has 2 saturated heterocycles. The smallest absolute Gasteiger partial charge is 0.341 e. The fourth-order valence-corrected chi connectivity index (χ4v) is 9.84. The van der Waals surface area contributed by atoms with Crippen molar-refractivity contribution in [2.75, 3.05) is 31.1 Å². The number of halogens is 3. The molecule has 392 valence electrons. The van der Waals surface area contributed by atoms with Crippen LogP contribution in [0.3, 0.4) is 0 Å². The number of aromatic nitrogens is 2. The molecule has 10 rings (SSSR count). The molecule has 2 saturated carbocycles. The summed E-state index contributed by atoms with van der Waals surface area (Å²) < 4.78 is 32.9. The molecular formula is C54H55ClF2N8O10. The van der Waals surface area contributed by atoms with Gasteiger partial charge in [-0.3, -0.25) is 39.8 Å². The molecule has 2 atom stereocenters. The van der Waals surface area contributed by atoms with Crippen molar-refractivity contribution in [3.8, 4) is 0 Å². The first-order valence-electron chi connectivity index (χ1n) is 24.8. The molecule has 4 aliphatic rings. The number of nitro benzene ring substituents is 2. The Morgan fingerprint density at radius 3 is 1.72 bits per heavy atom. The molecular weight excluding hydrogens is 994 g/mol. The molecule has 4 fully saturated rings. The van der Waals surface area contributed by atoms with Gasteiger partial charge in [-0.15, -0.1) is 0 Å². The van der Waals surface area contributed by atoms with Gasteiger partial charge in [-0.2, -0.15) is 0 Å². The van der Waals surface area contributed by atoms with E-state index in [1.165, 1.54) is 49.5 Å². The van der Waals surface area contributed by atoms with E-state index in [4.69, 9.17) is 16.7 Å². The van der Waals surface area contributed by atoms with Gasteiger partial charge in [0.05, 0.1) is 43.7 Å². The Labute approximate surface area is 433 Å². The number of benzene rings is 4. The first-order chi connectivity index (χ1) is 35.9. The van der Waals surface area contributed by atoms with Crippen LogP contribution < -0.4 is 21.1 Å². The zero-order valence-corrected chi connectivity index (χ0v) is 42.0. The van der Waals surface area contributed by atoms with E-state index in [1.54, 1.807) is 55.1 Å². The molecule has 0 radical (unpaired) electrons. The lowest BCUT2D eigenvalue weighted by atomic mass is 10.0. The van der Waals surface area contributed by atoms with Crippen LogP contribution in [0.15, 0.2) is 92.6 Å². The molecule has 4 aromatic carbocycles. The SMILES string of the molecule is Cc1c(Cl)c(F)cc2c(=O)c(C(=O)O)cn(C3CC3)c12.Cc1c(N2CCCC[C@@H](N=Cc3cccc([N+](=O)[O-])c3)C2)c(F)cc2c(=O)c(C(=O)O)cn(C3CC3)c12.O=[N+]([O-])c1cccc(C=N[C@@H]2CCCCNC2)c1. The minimum Gasteiger partial charge on any atom is -0.477 e. The molecule has 3 N–H and O–H groups in total. The Morgan fingerprint density at radius 1 is 0.707 bits per heavy atom. The topological polar surface area (TPSA) is 245 Å². The van der Waals surface area contributed by atoms with Crippen molar-refractivity contribution >= 4 is 74.8 Å². The first kappa shape index (κ1) is 53.6. The number of carbonyl (C=O) groups is 2. The fourth-order valence-electron chi connectivity index (χ4n) is 9.69. The van der Waals surface area contributed by atoms with Gasteiger partial charge in [0, 0.05) is 91.6 Å². The summed E-state index contributed by atoms with van der Waals surface area (Å²) in [5.41, 5.74) is 2.04. The monoisotopic (exact) mass is 1050 g/mol. The van der Waals surface area contributed by atoms with Crippen LogP contribution in [0, 0.1) is 45.7 Å². The van der Waals surface area contributed by atoms with E-state index < -0.39 is 39.4 Å². The summed E-state index contributed by atoms with van der Waals surface area (Å²) in [6.07, 6.45) is 15.7. The molecule has 2 aliphatic heterocycles. The van der Waals surface area contributed by atoms with Gasteiger partial charge in [-0.25, -0.2) is 18.4 Å². The Bertz CT molecular complexity index is 3400. The second-order valence-corrected chi connectivity index (χ2v) is 19.6. The highest BCUT2D eigenvalue weighted by Crippen LogP contribution is 2.41. The second-order valence-electron chi connectivity index (χ2n) is 19.3. The number of carboxylic acids is 2. The van der Waals surface area contributed by atoms with Gasteiger partial charge in [0.15, 0.2) is 0 Å². The Balaban J connectivity index is 0.000000165. The number of fused-ring (bicyclic) bond motifs is 2. The molecule has 0 spiro atoms. The Kier molecular flexibility index (Phi) is 16.6. The number of rotatable bonds is 11. The number of carboxylic acid groups (broad SMARTS) is 2. The van der Waals surface area contributed by atoms with Crippen molar-refractivity contribution in [2.24, 2.45) is 9.98 Å². The van der Waals surface area contributed by atoms with Gasteiger partial charge < -0.3 is 29.6 Å². The highest BCUT2D eigenvalue weighted by molar-refractivity contribution is 6.32. The predicted octanol–water partition coefficient (Wildman–Crippen LogP) is 10.2. The number of pyridine rings is 2. The molecule has 0 amide bonds. The number of aliphatic imine (C=N–C) groups is 2. The van der Waals surface area contributed by atoms with Crippen LogP contribution in [0.25, 0.3) is 21.8 Å². The number of aromatic carboxylic acids is 2. The number of aryl methyl sites for hydroxylation is 2. The standard InChI is InChI=1S/C27H27FN4O5.C14H11ClFNO3.C13H17N3O2/c1-16-24-21(26(33)22(27(34)35)15-31(24)19-8-9-19)12-23(28)25(16)30-10-3-2-6-18(14-30)29-13-17-5-4-7-20(11-17)32(36)37;1-6-11(15)10(16)4-8-12(6)17(7-2-3-7)5-9(13(8)18)14(19)20;17-16(18)13-6-3-4-11(8-13)9-15-12-5-1-2-7-14-10-12/h4-5,7,11-13,15,18-19H,2-3,6,8-10,14H2,1H3,(H,34,35);4-5,7H,2-3H2,1H3,(H,19,20);3-4,6,8-9,12,14H,1-2,5,7,10H2/t18-;;12-/m1.1/s1. The summed E-state index contributed by atoms with van der Waals surface area (Å²) in [6.45, 7) is 6.44. The number of anilines is 1. The summed E-state index contributed by atoms with van der Waals surface area (Å²) in [7, 11) is 0. The van der Waals surface area contributed by atoms with Gasteiger partial charge in [0.1, 0.15) is 22.8 Å². The second kappa shape index (κ2) is 23.2. The molecule has 0 unspecified atom stereocenters. The van der Waals surface area contributed by atoms with Gasteiger partial charge in [0.25, 0.3) is 11.4 Å². The summed E-state index contributed by atoms with van der Waals surface area (Å²) in [5, 5.41) is 43.8. The lowest BCUT2D eigenvalue weighted by Crippen LogP contribution is -2.32. The third kappa shape index (κ3) is 12.5. The Morgan fingerprint density at radius 2 is 1.20 bits per heavy atom. The van der Waals surface area contributed by atoms with E-state index in [0.717, 1.165) is 76.1 Å². The summed E-state index contributed by atoms with van der Waals surface area (Å²) in [4.78, 5) is 80.0. The molecule has 0 bridgehead atoms. The maximum Gasteiger partial charge on any atom is 0.341 e. The van der Waals surface area contributed by atoms with Crippen LogP contribution in [0.1, 0.15) is 119 Å². The number of nitro groups is 2. The van der Waals surface area contributed by atoms with Crippen molar-refractivity contribution in [1.82, 2.24) is 14.5 Å². The molecule has 75 heavy (non-hydrogen) atoms. The van der Waals surface area contributed by atoms with Gasteiger partial charge in [0.2, 0.25) is 10.9 Å². The van der Waals surface area contributed by atoms with E-state index in [9.17, 15) is 48.9 Å². The van der Waals surface area contributed by atoms with Crippen molar-refractivity contribution in [3.63, 3.8) is 0 Å². The summed E-state index contributed by atoms with van der Waals surface area (Å²) >= 11 is 5.90. The third-order valence-corrected chi connectivity index (χ3v) is 14.2. The maximum atomic E-state index is 15.6. The van der Waals surface area contributed by atoms with Crippen molar-refractivity contribution < 1.29 is 38.4 Å². The third-order valence-electron chi connectivity index (χ3n) is 13.8. The van der Waals surface area contributed by atoms with Crippen LogP contribution >= 0.6 is 11.6 Å². The number of nitrogens with zero attached hydrogens (tertiary/aromatic N) is 7. The van der Waals surface area contributed by atoms with E-state index in [-0.39, 0.29) is 67.4 Å². The quantitative estimate of drug-likeness (QED) is 0.0623. The minimum absolute atomic E-state index is 0.00642. The molecule has 2 aliphatic carbocycles. The lowest BCUT2D eigenvalue weighted by molar-refractivity contribution is -0.385. The average Bonchev–Trinajstić information content (AvgIpc) is 4.29. The largest absolute Gasteiger partial charge is 0.477 e. The average molecular weight is 1050 g/mol. The minimum atomic E-state index is -1.32. The van der Waals surface area contributed by atoms with Gasteiger partial charge in [-0.05, 0) is 113 Å². The zero-order valence-electron chi connectivity index (χ0n) is 41.2. The van der Waals surface area contributed by atoms with Crippen LogP contribution in [0.2, 0.25) is 5.02 Å². The number of non-ortho nitro benzene ring substituents is 2. The van der Waals surface area contributed by atoms with Crippen molar-refractivity contribution in [3.05, 3.63) is 164 Å². The van der Waals surface area contributed by atoms with Crippen LogP contribution in [0.5, 0.6) is 0 Å². The number of hydrogen-bond acceptors (Lipinski definition) is 12. The van der Waals surface area contributed by atoms with Crippen LogP contribution in [0.4, 0.5) is 25.8 Å². The number of nitrogens with one attached hydrogen (secondary N) is 1. The first-order valence-corrected chi connectivity index (χ1v) is 25.2. The maximum absolute atomic E-state index is 15.6. The van der Waals surface area contributed by atoms with E-state index in [0.29, 0.717) is 46.5 Å². The van der Waals surface area contributed by atoms with Crippen molar-refractivity contribution in [1.29, 1.82) is 0 Å². The number of hydrogen-bond donors (Lipinski definition) is 3. The predicted molar refractivity (Wildman–Crippen MR) is 283 cm³/mol. The molecule has 21 heteroatoms. The fraction of sp³-hybridized carbons (Fsp3) is 0.370. The van der Waals surface area contributed by atoms with E-state index in [1.807, 2.05) is 15.5 Å². The van der Waals surface area contributed by atoms with Gasteiger partial charge >= 0.3 is 11.9 Å². The molecule has 4 heterocycles. The summed E-state index contributed by atoms with van der Waals surface area (Å²) in [5.74, 6) is -3.89. The zero-order chi connectivity index (χ0) is 53.7. The molecule has 18 nitrogen and oxygen atoms in total. The highest BCUT2D eigenvalue weighted by atomic mass is 35.5. The van der Waals surface area contributed by atoms with Crippen LogP contribution in [-0.2, 0) is 0 Å². The molecule has 6 aromatic rings. The molecule has 2 aromatic heterocycles. The Hall–Kier alpha value is -7.71.